The van der Waals surface area contributed by atoms with E-state index in [1.165, 1.54) is 0 Å². The van der Waals surface area contributed by atoms with Crippen molar-refractivity contribution >= 4 is 0 Å². The van der Waals surface area contributed by atoms with Crippen LogP contribution in [0, 0.1) is 0 Å². The topological polar surface area (TPSA) is 40.5 Å². The third-order valence-electron chi connectivity index (χ3n) is 1.91. The van der Waals surface area contributed by atoms with Gasteiger partial charge in [-0.25, -0.2) is 0 Å². The smallest absolute Gasteiger partial charge is 0.0541 e. The lowest BCUT2D eigenvalue weighted by Crippen LogP contribution is -2.06. The summed E-state index contributed by atoms with van der Waals surface area (Å²) in [6.07, 6.45) is 3.97. The van der Waals surface area contributed by atoms with Crippen molar-refractivity contribution in [3.8, 4) is 0 Å². The molecule has 0 heterocycles. The molecule has 2 heteroatoms. The molecule has 2 nitrogen and oxygen atoms in total. The van der Waals surface area contributed by atoms with Crippen LogP contribution in [0.1, 0.15) is 32.1 Å². The van der Waals surface area contributed by atoms with Crippen LogP contribution in [0.4, 0.5) is 0 Å². The van der Waals surface area contributed by atoms with Crippen molar-refractivity contribution in [2.75, 3.05) is 0 Å². The molecule has 0 aromatic rings. The van der Waals surface area contributed by atoms with E-state index < -0.39 is 0 Å². The lowest BCUT2D eigenvalue weighted by Gasteiger charge is -2.04. The van der Waals surface area contributed by atoms with Crippen molar-refractivity contribution in [1.82, 2.24) is 0 Å². The van der Waals surface area contributed by atoms with Crippen LogP contribution in [-0.2, 0) is 0 Å². The van der Waals surface area contributed by atoms with Crippen LogP contribution in [0.15, 0.2) is 0 Å². The van der Waals surface area contributed by atoms with Crippen molar-refractivity contribution in [3.05, 3.63) is 0 Å². The van der Waals surface area contributed by atoms with Crippen molar-refractivity contribution in [1.29, 1.82) is 0 Å². The molecule has 9 heavy (non-hydrogen) atoms. The second kappa shape index (κ2) is 3.18. The first-order chi connectivity index (χ1) is 4.29. The molecule has 0 spiro atoms. The van der Waals surface area contributed by atoms with Gasteiger partial charge in [-0.05, 0) is 32.1 Å². The molecular weight excluding hydrogens is 116 g/mol. The molecule has 0 radical (unpaired) electrons. The Morgan fingerprint density at radius 3 is 1.67 bits per heavy atom. The Morgan fingerprint density at radius 1 is 0.778 bits per heavy atom. The van der Waals surface area contributed by atoms with Gasteiger partial charge >= 0.3 is 0 Å². The summed E-state index contributed by atoms with van der Waals surface area (Å²) in [6, 6.07) is 0. The maximum Gasteiger partial charge on any atom is 0.0541 e. The van der Waals surface area contributed by atoms with Gasteiger partial charge < -0.3 is 10.2 Å². The van der Waals surface area contributed by atoms with Crippen LogP contribution in [-0.4, -0.2) is 22.4 Å². The lowest BCUT2D eigenvalue weighted by atomic mass is 10.1. The molecule has 1 fully saturated rings. The largest absolute Gasteiger partial charge is 0.393 e. The predicted molar refractivity (Wildman–Crippen MR) is 35.1 cm³/mol. The third-order valence-corrected chi connectivity index (χ3v) is 1.91. The minimum atomic E-state index is -0.151. The van der Waals surface area contributed by atoms with E-state index in [0.29, 0.717) is 0 Å². The zero-order chi connectivity index (χ0) is 6.69. The van der Waals surface area contributed by atoms with Gasteiger partial charge in [0.1, 0.15) is 0 Å². The van der Waals surface area contributed by atoms with E-state index in [-0.39, 0.29) is 12.2 Å². The first-order valence-corrected chi connectivity index (χ1v) is 3.65. The van der Waals surface area contributed by atoms with Crippen molar-refractivity contribution < 1.29 is 10.2 Å². The molecule has 0 aromatic heterocycles. The Kier molecular flexibility index (Phi) is 2.49. The Labute approximate surface area is 55.5 Å². The Bertz CT molecular complexity index is 73.0. The van der Waals surface area contributed by atoms with Gasteiger partial charge in [0.2, 0.25) is 0 Å². The molecule has 2 atom stereocenters. The minimum absolute atomic E-state index is 0.151. The van der Waals surface area contributed by atoms with Crippen LogP contribution in [0.3, 0.4) is 0 Å². The van der Waals surface area contributed by atoms with Gasteiger partial charge in [0.15, 0.2) is 0 Å². The number of hydrogen-bond acceptors (Lipinski definition) is 2. The second-order valence-corrected chi connectivity index (χ2v) is 2.82. The summed E-state index contributed by atoms with van der Waals surface area (Å²) in [5, 5.41) is 18.2. The molecule has 54 valence electrons. The molecular formula is C7H14O2. The van der Waals surface area contributed by atoms with E-state index in [1.54, 1.807) is 0 Å². The number of aliphatic hydroxyl groups is 2. The highest BCUT2D eigenvalue weighted by Gasteiger charge is 2.13. The summed E-state index contributed by atoms with van der Waals surface area (Å²) in [5.74, 6) is 0. The number of aliphatic hydroxyl groups excluding tert-OH is 2. The number of rotatable bonds is 0. The average molecular weight is 130 g/mol. The Morgan fingerprint density at radius 2 is 1.22 bits per heavy atom. The standard InChI is InChI=1S/C7H14O2/c8-6-2-1-3-7(9)5-4-6/h6-9H,1-5H2/t6-,7-/m1/s1. The summed E-state index contributed by atoms with van der Waals surface area (Å²) < 4.78 is 0. The maximum absolute atomic E-state index is 9.10. The van der Waals surface area contributed by atoms with Crippen LogP contribution in [0.5, 0.6) is 0 Å². The van der Waals surface area contributed by atoms with Crippen molar-refractivity contribution in [2.24, 2.45) is 0 Å². The maximum atomic E-state index is 9.10. The van der Waals surface area contributed by atoms with E-state index in [0.717, 1.165) is 32.1 Å². The molecule has 1 saturated carbocycles. The van der Waals surface area contributed by atoms with Gasteiger partial charge in [-0.1, -0.05) is 0 Å². The highest BCUT2D eigenvalue weighted by atomic mass is 16.3. The summed E-state index contributed by atoms with van der Waals surface area (Å²) in [5.41, 5.74) is 0. The fraction of sp³-hybridized carbons (Fsp3) is 1.00. The summed E-state index contributed by atoms with van der Waals surface area (Å²) >= 11 is 0. The van der Waals surface area contributed by atoms with Crippen LogP contribution in [0.25, 0.3) is 0 Å². The summed E-state index contributed by atoms with van der Waals surface area (Å²) in [6.45, 7) is 0. The molecule has 1 rings (SSSR count). The number of hydrogen-bond donors (Lipinski definition) is 2. The van der Waals surface area contributed by atoms with Gasteiger partial charge in [-0.3, -0.25) is 0 Å². The van der Waals surface area contributed by atoms with E-state index >= 15 is 0 Å². The van der Waals surface area contributed by atoms with Crippen molar-refractivity contribution in [3.63, 3.8) is 0 Å². The fourth-order valence-electron chi connectivity index (χ4n) is 1.26. The first-order valence-electron chi connectivity index (χ1n) is 3.65. The van der Waals surface area contributed by atoms with Gasteiger partial charge in [0.05, 0.1) is 12.2 Å². The molecule has 0 amide bonds. The van der Waals surface area contributed by atoms with Crippen LogP contribution >= 0.6 is 0 Å². The average Bonchev–Trinajstić information content (AvgIpc) is 1.97. The normalized spacial score (nSPS) is 38.0. The molecule has 0 aromatic carbocycles. The minimum Gasteiger partial charge on any atom is -0.393 e. The molecule has 0 aliphatic heterocycles. The lowest BCUT2D eigenvalue weighted by molar-refractivity contribution is 0.133. The predicted octanol–water partition coefficient (Wildman–Crippen LogP) is 0.672. The molecule has 2 N–H and O–H groups in total. The Balaban J connectivity index is 2.25. The zero-order valence-corrected chi connectivity index (χ0v) is 5.58. The first kappa shape index (κ1) is 7.03. The van der Waals surface area contributed by atoms with Gasteiger partial charge in [0.25, 0.3) is 0 Å². The highest BCUT2D eigenvalue weighted by molar-refractivity contribution is 4.67. The summed E-state index contributed by atoms with van der Waals surface area (Å²) in [4.78, 5) is 0. The SMILES string of the molecule is O[C@@H]1CCC[C@@H](O)CC1. The van der Waals surface area contributed by atoms with E-state index in [2.05, 4.69) is 0 Å². The molecule has 0 bridgehead atoms. The summed E-state index contributed by atoms with van der Waals surface area (Å²) in [7, 11) is 0. The fourth-order valence-corrected chi connectivity index (χ4v) is 1.26. The monoisotopic (exact) mass is 130 g/mol. The van der Waals surface area contributed by atoms with Crippen molar-refractivity contribution in [2.45, 2.75) is 44.3 Å². The van der Waals surface area contributed by atoms with Gasteiger partial charge in [-0.2, -0.15) is 0 Å². The second-order valence-electron chi connectivity index (χ2n) is 2.82. The third kappa shape index (κ3) is 2.33. The molecule has 0 unspecified atom stereocenters. The van der Waals surface area contributed by atoms with E-state index in [4.69, 9.17) is 10.2 Å². The van der Waals surface area contributed by atoms with Gasteiger partial charge in [-0.15, -0.1) is 0 Å². The van der Waals surface area contributed by atoms with Crippen LogP contribution in [0.2, 0.25) is 0 Å². The zero-order valence-electron chi connectivity index (χ0n) is 5.58. The highest BCUT2D eigenvalue weighted by Crippen LogP contribution is 2.17. The van der Waals surface area contributed by atoms with Crippen LogP contribution < -0.4 is 0 Å². The van der Waals surface area contributed by atoms with E-state index in [9.17, 15) is 0 Å². The Hall–Kier alpha value is -0.0800. The molecule has 0 saturated heterocycles. The quantitative estimate of drug-likeness (QED) is 0.473. The molecule has 1 aliphatic carbocycles. The van der Waals surface area contributed by atoms with E-state index in [1.807, 2.05) is 0 Å². The van der Waals surface area contributed by atoms with Gasteiger partial charge in [0, 0.05) is 0 Å². The molecule has 1 aliphatic rings.